The number of aliphatic hydroxyl groups is 1. The molecule has 0 unspecified atom stereocenters. The fraction of sp³-hybridized carbons (Fsp3) is 0.700. The third-order valence-corrected chi connectivity index (χ3v) is 2.34. The Labute approximate surface area is 83.5 Å². The Morgan fingerprint density at radius 3 is 3.14 bits per heavy atom. The Morgan fingerprint density at radius 2 is 2.43 bits per heavy atom. The van der Waals surface area contributed by atoms with Gasteiger partial charge in [0.2, 0.25) is 0 Å². The Hall–Kier alpha value is -1.03. The van der Waals surface area contributed by atoms with Crippen LogP contribution in [0.3, 0.4) is 0 Å². The van der Waals surface area contributed by atoms with Crippen LogP contribution < -0.4 is 4.74 Å². The maximum atomic E-state index is 8.65. The van der Waals surface area contributed by atoms with Gasteiger partial charge in [-0.25, -0.2) is 0 Å². The normalized spacial score (nSPS) is 15.8. The van der Waals surface area contributed by atoms with Crippen LogP contribution in [0, 0.1) is 5.92 Å². The van der Waals surface area contributed by atoms with Crippen LogP contribution in [-0.4, -0.2) is 28.1 Å². The number of nitrogens with zero attached hydrogens (tertiary/aromatic N) is 2. The van der Waals surface area contributed by atoms with Gasteiger partial charge >= 0.3 is 0 Å². The summed E-state index contributed by atoms with van der Waals surface area (Å²) in [5, 5.41) is 12.8. The van der Waals surface area contributed by atoms with Crippen LogP contribution in [-0.2, 0) is 6.54 Å². The summed E-state index contributed by atoms with van der Waals surface area (Å²) in [4.78, 5) is 0. The first-order valence-corrected chi connectivity index (χ1v) is 5.14. The van der Waals surface area contributed by atoms with Gasteiger partial charge in [0.1, 0.15) is 0 Å². The first-order valence-electron chi connectivity index (χ1n) is 5.14. The topological polar surface area (TPSA) is 47.3 Å². The molecule has 0 radical (unpaired) electrons. The standard InChI is InChI=1S/C10H16N2O2/c13-5-1-4-12-7-10(6-11-12)14-8-9-2-3-9/h6-7,9,13H,1-5,8H2. The molecule has 1 heterocycles. The molecule has 78 valence electrons. The lowest BCUT2D eigenvalue weighted by molar-refractivity contribution is 0.276. The van der Waals surface area contributed by atoms with Crippen molar-refractivity contribution in [3.05, 3.63) is 12.4 Å². The molecule has 4 heteroatoms. The van der Waals surface area contributed by atoms with Gasteiger partial charge in [0.25, 0.3) is 0 Å². The van der Waals surface area contributed by atoms with Crippen molar-refractivity contribution in [1.82, 2.24) is 9.78 Å². The minimum absolute atomic E-state index is 0.206. The average molecular weight is 196 g/mol. The van der Waals surface area contributed by atoms with Gasteiger partial charge in [0, 0.05) is 13.2 Å². The molecule has 0 aliphatic heterocycles. The number of hydrogen-bond donors (Lipinski definition) is 1. The SMILES string of the molecule is OCCCn1cc(OCC2CC2)cn1. The predicted molar refractivity (Wildman–Crippen MR) is 52.1 cm³/mol. The van der Waals surface area contributed by atoms with Crippen molar-refractivity contribution in [3.8, 4) is 5.75 Å². The molecule has 1 N–H and O–H groups in total. The van der Waals surface area contributed by atoms with E-state index >= 15 is 0 Å². The number of aromatic nitrogens is 2. The van der Waals surface area contributed by atoms with E-state index in [2.05, 4.69) is 5.10 Å². The van der Waals surface area contributed by atoms with E-state index < -0.39 is 0 Å². The van der Waals surface area contributed by atoms with Gasteiger partial charge in [0.05, 0.1) is 19.0 Å². The number of aryl methyl sites for hydroxylation is 1. The predicted octanol–water partition coefficient (Wildman–Crippen LogP) is 1.05. The third-order valence-electron chi connectivity index (χ3n) is 2.34. The molecule has 0 bridgehead atoms. The number of aliphatic hydroxyl groups excluding tert-OH is 1. The smallest absolute Gasteiger partial charge is 0.157 e. The second kappa shape index (κ2) is 4.46. The lowest BCUT2D eigenvalue weighted by Gasteiger charge is -2.00. The van der Waals surface area contributed by atoms with E-state index in [-0.39, 0.29) is 6.61 Å². The molecule has 1 fully saturated rings. The molecule has 0 spiro atoms. The summed E-state index contributed by atoms with van der Waals surface area (Å²) in [6.45, 7) is 1.78. The van der Waals surface area contributed by atoms with Gasteiger partial charge in [-0.05, 0) is 25.2 Å². The average Bonchev–Trinajstić information content (AvgIpc) is 2.92. The lowest BCUT2D eigenvalue weighted by Crippen LogP contribution is -2.00. The monoisotopic (exact) mass is 196 g/mol. The summed E-state index contributed by atoms with van der Waals surface area (Å²) in [6.07, 6.45) is 6.97. The zero-order valence-corrected chi connectivity index (χ0v) is 8.22. The van der Waals surface area contributed by atoms with Crippen LogP contribution in [0.25, 0.3) is 0 Å². The largest absolute Gasteiger partial charge is 0.490 e. The minimum atomic E-state index is 0.206. The van der Waals surface area contributed by atoms with Crippen LogP contribution in [0.4, 0.5) is 0 Å². The summed E-state index contributed by atoms with van der Waals surface area (Å²) in [7, 11) is 0. The maximum Gasteiger partial charge on any atom is 0.157 e. The van der Waals surface area contributed by atoms with Gasteiger partial charge in [-0.3, -0.25) is 4.68 Å². The van der Waals surface area contributed by atoms with E-state index in [1.54, 1.807) is 10.9 Å². The molecule has 1 aliphatic carbocycles. The van der Waals surface area contributed by atoms with Gasteiger partial charge in [0.15, 0.2) is 5.75 Å². The van der Waals surface area contributed by atoms with Gasteiger partial charge in [-0.15, -0.1) is 0 Å². The molecule has 1 saturated carbocycles. The lowest BCUT2D eigenvalue weighted by atomic mass is 10.4. The number of rotatable bonds is 6. The van der Waals surface area contributed by atoms with Gasteiger partial charge in [-0.1, -0.05) is 0 Å². The molecule has 0 atom stereocenters. The van der Waals surface area contributed by atoms with E-state index in [1.165, 1.54) is 12.8 Å². The zero-order chi connectivity index (χ0) is 9.80. The van der Waals surface area contributed by atoms with Crippen molar-refractivity contribution in [2.45, 2.75) is 25.8 Å². The maximum absolute atomic E-state index is 8.65. The van der Waals surface area contributed by atoms with Crippen LogP contribution >= 0.6 is 0 Å². The van der Waals surface area contributed by atoms with Crippen LogP contribution in [0.2, 0.25) is 0 Å². The van der Waals surface area contributed by atoms with E-state index in [0.29, 0.717) is 0 Å². The highest BCUT2D eigenvalue weighted by Gasteiger charge is 2.22. The van der Waals surface area contributed by atoms with E-state index in [1.807, 2.05) is 6.20 Å². The Morgan fingerprint density at radius 1 is 1.57 bits per heavy atom. The van der Waals surface area contributed by atoms with Gasteiger partial charge in [-0.2, -0.15) is 5.10 Å². The van der Waals surface area contributed by atoms with Crippen molar-refractivity contribution in [3.63, 3.8) is 0 Å². The fourth-order valence-corrected chi connectivity index (χ4v) is 1.27. The Balaban J connectivity index is 1.76. The second-order valence-corrected chi connectivity index (χ2v) is 3.77. The number of hydrogen-bond acceptors (Lipinski definition) is 3. The first-order chi connectivity index (χ1) is 6.88. The summed E-state index contributed by atoms with van der Waals surface area (Å²) in [5.41, 5.74) is 0. The third kappa shape index (κ3) is 2.73. The van der Waals surface area contributed by atoms with E-state index in [9.17, 15) is 0 Å². The fourth-order valence-electron chi connectivity index (χ4n) is 1.27. The molecule has 0 amide bonds. The quantitative estimate of drug-likeness (QED) is 0.740. The minimum Gasteiger partial charge on any atom is -0.490 e. The van der Waals surface area contributed by atoms with Crippen molar-refractivity contribution < 1.29 is 9.84 Å². The van der Waals surface area contributed by atoms with Gasteiger partial charge < -0.3 is 9.84 Å². The molecular formula is C10H16N2O2. The highest BCUT2D eigenvalue weighted by Crippen LogP contribution is 2.29. The molecule has 1 aromatic heterocycles. The Kier molecular flexibility index (Phi) is 3.03. The van der Waals surface area contributed by atoms with E-state index in [4.69, 9.17) is 9.84 Å². The molecule has 0 aromatic carbocycles. The summed E-state index contributed by atoms with van der Waals surface area (Å²) in [5.74, 6) is 1.62. The molecule has 0 saturated heterocycles. The van der Waals surface area contributed by atoms with Crippen molar-refractivity contribution in [1.29, 1.82) is 0 Å². The van der Waals surface area contributed by atoms with Crippen molar-refractivity contribution >= 4 is 0 Å². The molecular weight excluding hydrogens is 180 g/mol. The van der Waals surface area contributed by atoms with E-state index in [0.717, 1.165) is 31.2 Å². The summed E-state index contributed by atoms with van der Waals surface area (Å²) >= 11 is 0. The number of ether oxygens (including phenoxy) is 1. The highest BCUT2D eigenvalue weighted by molar-refractivity contribution is 5.11. The van der Waals surface area contributed by atoms with Crippen LogP contribution in [0.5, 0.6) is 5.75 Å². The zero-order valence-electron chi connectivity index (χ0n) is 8.22. The molecule has 4 nitrogen and oxygen atoms in total. The summed E-state index contributed by atoms with van der Waals surface area (Å²) < 4.78 is 7.35. The summed E-state index contributed by atoms with van der Waals surface area (Å²) in [6, 6.07) is 0. The van der Waals surface area contributed by atoms with Crippen molar-refractivity contribution in [2.75, 3.05) is 13.2 Å². The molecule has 2 rings (SSSR count). The van der Waals surface area contributed by atoms with Crippen molar-refractivity contribution in [2.24, 2.45) is 5.92 Å². The highest BCUT2D eigenvalue weighted by atomic mass is 16.5. The molecule has 1 aliphatic rings. The Bertz CT molecular complexity index is 281. The first kappa shape index (κ1) is 9.52. The van der Waals surface area contributed by atoms with Crippen LogP contribution in [0.1, 0.15) is 19.3 Å². The molecule has 1 aromatic rings. The molecule has 14 heavy (non-hydrogen) atoms. The second-order valence-electron chi connectivity index (χ2n) is 3.77. The van der Waals surface area contributed by atoms with Crippen LogP contribution in [0.15, 0.2) is 12.4 Å².